The third-order valence-electron chi connectivity index (χ3n) is 3.19. The zero-order valence-corrected chi connectivity index (χ0v) is 10.5. The molecule has 2 nitrogen and oxygen atoms in total. The van der Waals surface area contributed by atoms with Crippen LogP contribution in [0.5, 0.6) is 11.5 Å². The molecule has 0 N–H and O–H groups in total. The van der Waals surface area contributed by atoms with Crippen LogP contribution in [0.4, 0.5) is 0 Å². The molecule has 0 radical (unpaired) electrons. The number of halogens is 1. The summed E-state index contributed by atoms with van der Waals surface area (Å²) >= 11 is 6.03. The molecular weight excluding hydrogens is 224 g/mol. The number of rotatable bonds is 5. The van der Waals surface area contributed by atoms with Crippen molar-refractivity contribution in [3.8, 4) is 11.5 Å². The van der Waals surface area contributed by atoms with E-state index in [1.54, 1.807) is 14.2 Å². The van der Waals surface area contributed by atoms with Crippen LogP contribution < -0.4 is 9.47 Å². The van der Waals surface area contributed by atoms with E-state index in [4.69, 9.17) is 21.1 Å². The Kier molecular flexibility index (Phi) is 3.59. The molecule has 1 atom stereocenters. The zero-order chi connectivity index (χ0) is 11.5. The van der Waals surface area contributed by atoms with E-state index < -0.39 is 0 Å². The SMILES string of the molecule is COc1ccc(C(CCl)C2CC2)cc1OC. The summed E-state index contributed by atoms with van der Waals surface area (Å²) < 4.78 is 10.5. The Labute approximate surface area is 102 Å². The molecule has 1 unspecified atom stereocenters. The molecule has 1 aliphatic carbocycles. The van der Waals surface area contributed by atoms with Gasteiger partial charge in [0.05, 0.1) is 14.2 Å². The van der Waals surface area contributed by atoms with Crippen molar-refractivity contribution in [2.75, 3.05) is 20.1 Å². The van der Waals surface area contributed by atoms with Gasteiger partial charge in [-0.05, 0) is 36.5 Å². The predicted octanol–water partition coefficient (Wildman–Crippen LogP) is 3.44. The van der Waals surface area contributed by atoms with Crippen molar-refractivity contribution < 1.29 is 9.47 Å². The van der Waals surface area contributed by atoms with Crippen LogP contribution in [0.25, 0.3) is 0 Å². The number of methoxy groups -OCH3 is 2. The fraction of sp³-hybridized carbons (Fsp3) is 0.538. The van der Waals surface area contributed by atoms with Crippen LogP contribution in [0, 0.1) is 5.92 Å². The molecular formula is C13H17ClO2. The standard InChI is InChI=1S/C13H17ClO2/c1-15-12-6-5-10(7-13(12)16-2)11(8-14)9-3-4-9/h5-7,9,11H,3-4,8H2,1-2H3. The van der Waals surface area contributed by atoms with Gasteiger partial charge in [0, 0.05) is 11.8 Å². The molecule has 0 bridgehead atoms. The highest BCUT2D eigenvalue weighted by molar-refractivity contribution is 6.18. The first kappa shape index (κ1) is 11.6. The molecule has 0 aromatic heterocycles. The number of hydrogen-bond acceptors (Lipinski definition) is 2. The van der Waals surface area contributed by atoms with Crippen molar-refractivity contribution in [2.45, 2.75) is 18.8 Å². The lowest BCUT2D eigenvalue weighted by molar-refractivity contribution is 0.354. The first-order chi connectivity index (χ1) is 7.80. The van der Waals surface area contributed by atoms with Gasteiger partial charge in [-0.2, -0.15) is 0 Å². The largest absolute Gasteiger partial charge is 0.493 e. The molecule has 1 aromatic carbocycles. The molecule has 2 rings (SSSR count). The molecule has 88 valence electrons. The maximum atomic E-state index is 6.03. The Morgan fingerprint density at radius 3 is 2.44 bits per heavy atom. The molecule has 0 heterocycles. The molecule has 0 aliphatic heterocycles. The average Bonchev–Trinajstić information content (AvgIpc) is 3.14. The van der Waals surface area contributed by atoms with Gasteiger partial charge >= 0.3 is 0 Å². The van der Waals surface area contributed by atoms with Gasteiger partial charge in [-0.1, -0.05) is 6.07 Å². The van der Waals surface area contributed by atoms with Crippen LogP contribution in [0.2, 0.25) is 0 Å². The molecule has 0 spiro atoms. The normalized spacial score (nSPS) is 16.9. The molecule has 1 saturated carbocycles. The minimum atomic E-state index is 0.460. The average molecular weight is 241 g/mol. The topological polar surface area (TPSA) is 18.5 Å². The Morgan fingerprint density at radius 2 is 1.94 bits per heavy atom. The molecule has 1 fully saturated rings. The van der Waals surface area contributed by atoms with Crippen LogP contribution in [-0.2, 0) is 0 Å². The summed E-state index contributed by atoms with van der Waals surface area (Å²) in [7, 11) is 3.31. The van der Waals surface area contributed by atoms with Crippen molar-refractivity contribution in [3.63, 3.8) is 0 Å². The molecule has 1 aliphatic rings. The van der Waals surface area contributed by atoms with E-state index in [1.165, 1.54) is 18.4 Å². The molecule has 3 heteroatoms. The van der Waals surface area contributed by atoms with Gasteiger partial charge in [0.1, 0.15) is 0 Å². The van der Waals surface area contributed by atoms with Crippen molar-refractivity contribution in [3.05, 3.63) is 23.8 Å². The van der Waals surface area contributed by atoms with Gasteiger partial charge in [0.15, 0.2) is 11.5 Å². The van der Waals surface area contributed by atoms with Gasteiger partial charge in [0.2, 0.25) is 0 Å². The highest BCUT2D eigenvalue weighted by Gasteiger charge is 2.31. The predicted molar refractivity (Wildman–Crippen MR) is 65.7 cm³/mol. The summed E-state index contributed by atoms with van der Waals surface area (Å²) in [5.41, 5.74) is 1.26. The van der Waals surface area contributed by atoms with E-state index in [0.717, 1.165) is 17.4 Å². The number of alkyl halides is 1. The minimum Gasteiger partial charge on any atom is -0.493 e. The zero-order valence-electron chi connectivity index (χ0n) is 9.70. The van der Waals surface area contributed by atoms with E-state index in [9.17, 15) is 0 Å². The quantitative estimate of drug-likeness (QED) is 0.734. The van der Waals surface area contributed by atoms with E-state index in [-0.39, 0.29) is 0 Å². The maximum Gasteiger partial charge on any atom is 0.160 e. The van der Waals surface area contributed by atoms with E-state index in [0.29, 0.717) is 11.8 Å². The second-order valence-electron chi connectivity index (χ2n) is 4.21. The number of benzene rings is 1. The van der Waals surface area contributed by atoms with Crippen molar-refractivity contribution in [1.29, 1.82) is 0 Å². The summed E-state index contributed by atoms with van der Waals surface area (Å²) in [6.07, 6.45) is 2.59. The Bertz CT molecular complexity index is 361. The second kappa shape index (κ2) is 4.96. The first-order valence-corrected chi connectivity index (χ1v) is 6.11. The van der Waals surface area contributed by atoms with Crippen LogP contribution in [0.3, 0.4) is 0 Å². The van der Waals surface area contributed by atoms with Crippen molar-refractivity contribution in [2.24, 2.45) is 5.92 Å². The molecule has 0 amide bonds. The smallest absolute Gasteiger partial charge is 0.160 e. The van der Waals surface area contributed by atoms with Crippen LogP contribution in [0.15, 0.2) is 18.2 Å². The Hall–Kier alpha value is -0.890. The highest BCUT2D eigenvalue weighted by atomic mass is 35.5. The number of hydrogen-bond donors (Lipinski definition) is 0. The van der Waals surface area contributed by atoms with Crippen molar-refractivity contribution in [1.82, 2.24) is 0 Å². The molecule has 1 aromatic rings. The lowest BCUT2D eigenvalue weighted by Gasteiger charge is -2.15. The lowest BCUT2D eigenvalue weighted by atomic mass is 9.96. The third kappa shape index (κ3) is 2.27. The minimum absolute atomic E-state index is 0.460. The highest BCUT2D eigenvalue weighted by Crippen LogP contribution is 2.44. The lowest BCUT2D eigenvalue weighted by Crippen LogP contribution is -2.03. The summed E-state index contributed by atoms with van der Waals surface area (Å²) in [6, 6.07) is 6.09. The molecule has 0 saturated heterocycles. The van der Waals surface area contributed by atoms with Gasteiger partial charge in [-0.15, -0.1) is 11.6 Å². The fourth-order valence-corrected chi connectivity index (χ4v) is 2.50. The van der Waals surface area contributed by atoms with Crippen LogP contribution in [-0.4, -0.2) is 20.1 Å². The van der Waals surface area contributed by atoms with Gasteiger partial charge in [-0.25, -0.2) is 0 Å². The summed E-state index contributed by atoms with van der Waals surface area (Å²) in [5, 5.41) is 0. The van der Waals surface area contributed by atoms with E-state index in [1.807, 2.05) is 12.1 Å². The summed E-state index contributed by atoms with van der Waals surface area (Å²) in [4.78, 5) is 0. The number of ether oxygens (including phenoxy) is 2. The molecule has 16 heavy (non-hydrogen) atoms. The van der Waals surface area contributed by atoms with Crippen LogP contribution >= 0.6 is 11.6 Å². The first-order valence-electron chi connectivity index (χ1n) is 5.58. The van der Waals surface area contributed by atoms with E-state index in [2.05, 4.69) is 6.07 Å². The van der Waals surface area contributed by atoms with Gasteiger partial charge < -0.3 is 9.47 Å². The second-order valence-corrected chi connectivity index (χ2v) is 4.52. The summed E-state index contributed by atoms with van der Waals surface area (Å²) in [6.45, 7) is 0. The third-order valence-corrected chi connectivity index (χ3v) is 3.53. The van der Waals surface area contributed by atoms with Crippen molar-refractivity contribution >= 4 is 11.6 Å². The fourth-order valence-electron chi connectivity index (χ4n) is 2.07. The van der Waals surface area contributed by atoms with E-state index >= 15 is 0 Å². The van der Waals surface area contributed by atoms with Crippen LogP contribution in [0.1, 0.15) is 24.3 Å². The van der Waals surface area contributed by atoms with Gasteiger partial charge in [0.25, 0.3) is 0 Å². The summed E-state index contributed by atoms with van der Waals surface area (Å²) in [5.74, 6) is 3.46. The van der Waals surface area contributed by atoms with Gasteiger partial charge in [-0.3, -0.25) is 0 Å². The monoisotopic (exact) mass is 240 g/mol. The Morgan fingerprint density at radius 1 is 1.25 bits per heavy atom. The maximum absolute atomic E-state index is 6.03. The Balaban J connectivity index is 2.26.